The summed E-state index contributed by atoms with van der Waals surface area (Å²) in [5.41, 5.74) is 2.43. The predicted molar refractivity (Wildman–Crippen MR) is 75.8 cm³/mol. The van der Waals surface area contributed by atoms with Crippen molar-refractivity contribution in [3.05, 3.63) is 47.8 Å². The molecule has 5 nitrogen and oxygen atoms in total. The van der Waals surface area contributed by atoms with E-state index in [2.05, 4.69) is 10.4 Å². The maximum absolute atomic E-state index is 12.1. The Labute approximate surface area is 117 Å². The first-order chi connectivity index (χ1) is 9.72. The predicted octanol–water partition coefficient (Wildman–Crippen LogP) is 2.41. The summed E-state index contributed by atoms with van der Waals surface area (Å²) in [5.74, 6) is -0.115. The molecule has 3 rings (SSSR count). The van der Waals surface area contributed by atoms with Gasteiger partial charge < -0.3 is 10.1 Å². The molecule has 0 saturated carbocycles. The number of anilines is 1. The van der Waals surface area contributed by atoms with Crippen molar-refractivity contribution in [2.75, 3.05) is 18.5 Å². The standard InChI is InChI=1S/C15H17N3O2/c1-11-3-2-4-12(7-11)15(19)17-13-8-16-18(9-13)14-5-6-20-10-14/h2-4,7-9,14H,5-6,10H2,1H3,(H,17,19)/t14-/m0/s1. The van der Waals surface area contributed by atoms with Crippen molar-refractivity contribution in [2.45, 2.75) is 19.4 Å². The first kappa shape index (κ1) is 12.9. The number of amides is 1. The van der Waals surface area contributed by atoms with Crippen molar-refractivity contribution in [3.8, 4) is 0 Å². The Morgan fingerprint density at radius 1 is 1.50 bits per heavy atom. The average Bonchev–Trinajstić information content (AvgIpc) is 3.08. The molecule has 20 heavy (non-hydrogen) atoms. The normalized spacial score (nSPS) is 18.1. The summed E-state index contributed by atoms with van der Waals surface area (Å²) in [6.07, 6.45) is 4.49. The third-order valence-electron chi connectivity index (χ3n) is 3.42. The van der Waals surface area contributed by atoms with E-state index in [4.69, 9.17) is 4.74 Å². The van der Waals surface area contributed by atoms with Crippen LogP contribution < -0.4 is 5.32 Å². The number of rotatable bonds is 3. The smallest absolute Gasteiger partial charge is 0.255 e. The highest BCUT2D eigenvalue weighted by atomic mass is 16.5. The highest BCUT2D eigenvalue weighted by Crippen LogP contribution is 2.20. The number of carbonyl (C=O) groups is 1. The molecule has 1 fully saturated rings. The summed E-state index contributed by atoms with van der Waals surface area (Å²) in [6.45, 7) is 3.43. The zero-order valence-electron chi connectivity index (χ0n) is 11.4. The Kier molecular flexibility index (Phi) is 3.52. The van der Waals surface area contributed by atoms with Crippen LogP contribution >= 0.6 is 0 Å². The number of carbonyl (C=O) groups excluding carboxylic acids is 1. The van der Waals surface area contributed by atoms with E-state index in [0.717, 1.165) is 18.6 Å². The molecule has 2 heterocycles. The number of benzene rings is 1. The molecule has 0 unspecified atom stereocenters. The minimum absolute atomic E-state index is 0.115. The lowest BCUT2D eigenvalue weighted by atomic mass is 10.1. The van der Waals surface area contributed by atoms with Gasteiger partial charge in [0, 0.05) is 18.4 Å². The largest absolute Gasteiger partial charge is 0.379 e. The zero-order valence-corrected chi connectivity index (χ0v) is 11.4. The SMILES string of the molecule is Cc1cccc(C(=O)Nc2cnn([C@H]3CCOC3)c2)c1. The van der Waals surface area contributed by atoms with E-state index in [0.29, 0.717) is 17.9 Å². The Morgan fingerprint density at radius 2 is 2.40 bits per heavy atom. The fourth-order valence-electron chi connectivity index (χ4n) is 2.32. The molecule has 1 aromatic carbocycles. The minimum atomic E-state index is -0.115. The lowest BCUT2D eigenvalue weighted by molar-refractivity contribution is 0.102. The number of ether oxygens (including phenoxy) is 1. The minimum Gasteiger partial charge on any atom is -0.379 e. The number of hydrogen-bond donors (Lipinski definition) is 1. The Morgan fingerprint density at radius 3 is 3.15 bits per heavy atom. The van der Waals surface area contributed by atoms with Crippen LogP contribution in [0.4, 0.5) is 5.69 Å². The molecule has 1 saturated heterocycles. The third-order valence-corrected chi connectivity index (χ3v) is 3.42. The summed E-state index contributed by atoms with van der Waals surface area (Å²) in [7, 11) is 0. The summed E-state index contributed by atoms with van der Waals surface area (Å²) in [6, 6.07) is 7.79. The van der Waals surface area contributed by atoms with Gasteiger partial charge >= 0.3 is 0 Å². The Hall–Kier alpha value is -2.14. The number of aromatic nitrogens is 2. The van der Waals surface area contributed by atoms with E-state index in [1.807, 2.05) is 36.0 Å². The van der Waals surface area contributed by atoms with Gasteiger partial charge in [-0.25, -0.2) is 0 Å². The highest BCUT2D eigenvalue weighted by Gasteiger charge is 2.18. The highest BCUT2D eigenvalue weighted by molar-refractivity contribution is 6.04. The van der Waals surface area contributed by atoms with E-state index in [1.165, 1.54) is 0 Å². The number of aryl methyl sites for hydroxylation is 1. The van der Waals surface area contributed by atoms with Gasteiger partial charge in [0.25, 0.3) is 5.91 Å². The molecule has 1 aliphatic rings. The van der Waals surface area contributed by atoms with Gasteiger partial charge in [-0.1, -0.05) is 17.7 Å². The molecule has 0 spiro atoms. The summed E-state index contributed by atoms with van der Waals surface area (Å²) in [4.78, 5) is 12.1. The third kappa shape index (κ3) is 2.72. The lowest BCUT2D eigenvalue weighted by Gasteiger charge is -2.07. The molecule has 104 valence electrons. The van der Waals surface area contributed by atoms with Crippen molar-refractivity contribution in [1.29, 1.82) is 0 Å². The molecule has 0 bridgehead atoms. The van der Waals surface area contributed by atoms with Gasteiger partial charge in [0.1, 0.15) is 0 Å². The quantitative estimate of drug-likeness (QED) is 0.932. The lowest BCUT2D eigenvalue weighted by Crippen LogP contribution is -2.12. The van der Waals surface area contributed by atoms with Crippen LogP contribution in [0, 0.1) is 6.92 Å². The Balaban J connectivity index is 1.70. The van der Waals surface area contributed by atoms with Gasteiger partial charge in [-0.05, 0) is 25.5 Å². The van der Waals surface area contributed by atoms with Crippen LogP contribution in [0.1, 0.15) is 28.4 Å². The molecule has 0 aliphatic carbocycles. The molecule has 5 heteroatoms. The van der Waals surface area contributed by atoms with Gasteiger partial charge in [0.15, 0.2) is 0 Å². The zero-order chi connectivity index (χ0) is 13.9. The molecular weight excluding hydrogens is 254 g/mol. The monoisotopic (exact) mass is 271 g/mol. The van der Waals surface area contributed by atoms with Crippen LogP contribution in [0.25, 0.3) is 0 Å². The van der Waals surface area contributed by atoms with Gasteiger partial charge in [0.05, 0.1) is 24.5 Å². The fraction of sp³-hybridized carbons (Fsp3) is 0.333. The second-order valence-electron chi connectivity index (χ2n) is 5.05. The molecular formula is C15H17N3O2. The van der Waals surface area contributed by atoms with Crippen molar-refractivity contribution < 1.29 is 9.53 Å². The van der Waals surface area contributed by atoms with Crippen LogP contribution in [-0.4, -0.2) is 28.9 Å². The van der Waals surface area contributed by atoms with Crippen LogP contribution in [0.5, 0.6) is 0 Å². The maximum atomic E-state index is 12.1. The Bertz CT molecular complexity index is 615. The molecule has 2 aromatic rings. The number of hydrogen-bond acceptors (Lipinski definition) is 3. The molecule has 1 aromatic heterocycles. The average molecular weight is 271 g/mol. The van der Waals surface area contributed by atoms with Crippen LogP contribution in [0.3, 0.4) is 0 Å². The van der Waals surface area contributed by atoms with Crippen LogP contribution in [-0.2, 0) is 4.74 Å². The van der Waals surface area contributed by atoms with Gasteiger partial charge in [-0.3, -0.25) is 9.48 Å². The molecule has 1 N–H and O–H groups in total. The summed E-state index contributed by atoms with van der Waals surface area (Å²) >= 11 is 0. The number of nitrogens with zero attached hydrogens (tertiary/aromatic N) is 2. The molecule has 1 amide bonds. The van der Waals surface area contributed by atoms with Crippen molar-refractivity contribution in [1.82, 2.24) is 9.78 Å². The van der Waals surface area contributed by atoms with E-state index in [9.17, 15) is 4.79 Å². The second kappa shape index (κ2) is 5.46. The maximum Gasteiger partial charge on any atom is 0.255 e. The van der Waals surface area contributed by atoms with E-state index >= 15 is 0 Å². The second-order valence-corrected chi connectivity index (χ2v) is 5.05. The summed E-state index contributed by atoms with van der Waals surface area (Å²) in [5, 5.41) is 7.15. The molecule has 1 atom stereocenters. The van der Waals surface area contributed by atoms with Gasteiger partial charge in [0.2, 0.25) is 0 Å². The topological polar surface area (TPSA) is 56.2 Å². The van der Waals surface area contributed by atoms with E-state index < -0.39 is 0 Å². The van der Waals surface area contributed by atoms with Gasteiger partial charge in [-0.15, -0.1) is 0 Å². The van der Waals surface area contributed by atoms with Crippen molar-refractivity contribution in [2.24, 2.45) is 0 Å². The van der Waals surface area contributed by atoms with E-state index in [1.54, 1.807) is 12.3 Å². The van der Waals surface area contributed by atoms with Crippen LogP contribution in [0.2, 0.25) is 0 Å². The number of nitrogens with one attached hydrogen (secondary N) is 1. The summed E-state index contributed by atoms with van der Waals surface area (Å²) < 4.78 is 7.20. The van der Waals surface area contributed by atoms with Crippen molar-refractivity contribution >= 4 is 11.6 Å². The van der Waals surface area contributed by atoms with E-state index in [-0.39, 0.29) is 11.9 Å². The fourth-order valence-corrected chi connectivity index (χ4v) is 2.32. The van der Waals surface area contributed by atoms with Crippen LogP contribution in [0.15, 0.2) is 36.7 Å². The van der Waals surface area contributed by atoms with Gasteiger partial charge in [-0.2, -0.15) is 5.10 Å². The first-order valence-corrected chi connectivity index (χ1v) is 6.72. The molecule has 0 radical (unpaired) electrons. The molecule has 1 aliphatic heterocycles. The first-order valence-electron chi connectivity index (χ1n) is 6.72. The van der Waals surface area contributed by atoms with Crippen molar-refractivity contribution in [3.63, 3.8) is 0 Å².